The minimum atomic E-state index is -0.792. The Labute approximate surface area is 321 Å². The highest BCUT2D eigenvalue weighted by Gasteiger charge is 2.24. The number of esters is 1. The Morgan fingerprint density at radius 1 is 0.577 bits per heavy atom. The lowest BCUT2D eigenvalue weighted by Gasteiger charge is -2.24. The Hall–Kier alpha value is -2.18. The van der Waals surface area contributed by atoms with Crippen LogP contribution >= 0.6 is 0 Å². The van der Waals surface area contributed by atoms with E-state index >= 15 is 0 Å². The van der Waals surface area contributed by atoms with Crippen molar-refractivity contribution >= 4 is 11.9 Å². The molecule has 0 heterocycles. The molecule has 0 spiro atoms. The summed E-state index contributed by atoms with van der Waals surface area (Å²) in [4.78, 5) is 25.9. The number of rotatable bonds is 38. The zero-order valence-electron chi connectivity index (χ0n) is 34.2. The predicted molar refractivity (Wildman–Crippen MR) is 222 cm³/mol. The molecule has 302 valence electrons. The summed E-state index contributed by atoms with van der Waals surface area (Å²) in [6, 6.07) is -0.707. The van der Waals surface area contributed by atoms with E-state index in [9.17, 15) is 19.8 Å². The molecule has 0 fully saturated rings. The fourth-order valence-corrected chi connectivity index (χ4v) is 6.32. The Morgan fingerprint density at radius 3 is 1.65 bits per heavy atom. The van der Waals surface area contributed by atoms with Crippen LogP contribution in [0.3, 0.4) is 0 Å². The lowest BCUT2D eigenvalue weighted by molar-refractivity contribution is -0.151. The number of carbonyl (C=O) groups excluding carboxylic acids is 2. The molecule has 0 aliphatic heterocycles. The van der Waals surface area contributed by atoms with Gasteiger partial charge in [-0.15, -0.1) is 0 Å². The van der Waals surface area contributed by atoms with Crippen LogP contribution in [0.25, 0.3) is 0 Å². The van der Waals surface area contributed by atoms with Gasteiger partial charge in [0.25, 0.3) is 0 Å². The van der Waals surface area contributed by atoms with Gasteiger partial charge in [-0.05, 0) is 83.5 Å². The molecular weight excluding hydrogens is 647 g/mol. The molecule has 6 heteroatoms. The van der Waals surface area contributed by atoms with E-state index in [1.807, 2.05) is 0 Å². The summed E-state index contributed by atoms with van der Waals surface area (Å²) in [5, 5.41) is 23.5. The Bertz CT molecular complexity index is 910. The van der Waals surface area contributed by atoms with E-state index in [-0.39, 0.29) is 24.9 Å². The minimum Gasteiger partial charge on any atom is -0.462 e. The maximum atomic E-state index is 13.1. The zero-order valence-corrected chi connectivity index (χ0v) is 34.2. The van der Waals surface area contributed by atoms with Crippen LogP contribution in [-0.4, -0.2) is 46.9 Å². The topological polar surface area (TPSA) is 95.9 Å². The standard InChI is InChI=1S/C46H83NO5/c1-4-7-10-13-16-19-21-22-23-24-27-30-33-36-39-46(51)52-42(37-34-31-28-26-20-17-14-11-8-5-2)40-45(50)47-43(41-48)44(49)38-35-32-29-25-18-15-12-9-6-3/h7,10,16-17,19-20,22-23,42-44,48-49H,4-6,8-9,11-15,18,21,24-41H2,1-3H3,(H,47,50)/b10-7+,19-16+,20-17-,23-22+. The van der Waals surface area contributed by atoms with E-state index in [1.54, 1.807) is 0 Å². The number of unbranched alkanes of at least 4 members (excludes halogenated alkanes) is 18. The highest BCUT2D eigenvalue weighted by Crippen LogP contribution is 2.16. The van der Waals surface area contributed by atoms with Crippen molar-refractivity contribution in [1.29, 1.82) is 0 Å². The summed E-state index contributed by atoms with van der Waals surface area (Å²) in [6.45, 7) is 6.29. The quantitative estimate of drug-likeness (QED) is 0.0334. The first kappa shape index (κ1) is 49.8. The lowest BCUT2D eigenvalue weighted by Crippen LogP contribution is -2.46. The van der Waals surface area contributed by atoms with Crippen LogP contribution in [0.5, 0.6) is 0 Å². The van der Waals surface area contributed by atoms with Gasteiger partial charge in [0.15, 0.2) is 0 Å². The average molecular weight is 730 g/mol. The maximum Gasteiger partial charge on any atom is 0.306 e. The van der Waals surface area contributed by atoms with Crippen molar-refractivity contribution in [3.05, 3.63) is 48.6 Å². The fraction of sp³-hybridized carbons (Fsp3) is 0.783. The van der Waals surface area contributed by atoms with Crippen LogP contribution in [-0.2, 0) is 14.3 Å². The molecule has 0 bridgehead atoms. The smallest absolute Gasteiger partial charge is 0.306 e. The number of aliphatic hydroxyl groups is 2. The van der Waals surface area contributed by atoms with Gasteiger partial charge in [0.05, 0.1) is 25.2 Å². The van der Waals surface area contributed by atoms with Gasteiger partial charge in [0.1, 0.15) is 6.10 Å². The minimum absolute atomic E-state index is 0.0568. The molecule has 0 saturated heterocycles. The van der Waals surface area contributed by atoms with Crippen LogP contribution in [0, 0.1) is 0 Å². The molecule has 0 saturated carbocycles. The van der Waals surface area contributed by atoms with E-state index in [4.69, 9.17) is 4.74 Å². The highest BCUT2D eigenvalue weighted by molar-refractivity contribution is 5.77. The number of ether oxygens (including phenoxy) is 1. The first-order valence-corrected chi connectivity index (χ1v) is 21.9. The van der Waals surface area contributed by atoms with Gasteiger partial charge >= 0.3 is 5.97 Å². The summed E-state index contributed by atoms with van der Waals surface area (Å²) in [7, 11) is 0. The monoisotopic (exact) mass is 730 g/mol. The van der Waals surface area contributed by atoms with Crippen LogP contribution in [0.1, 0.15) is 207 Å². The van der Waals surface area contributed by atoms with Crippen LogP contribution in [0.4, 0.5) is 0 Å². The second-order valence-electron chi connectivity index (χ2n) is 14.7. The first-order valence-electron chi connectivity index (χ1n) is 21.9. The molecule has 0 aromatic heterocycles. The molecule has 0 aromatic rings. The van der Waals surface area contributed by atoms with Gasteiger partial charge in [-0.3, -0.25) is 9.59 Å². The number of hydrogen-bond acceptors (Lipinski definition) is 5. The van der Waals surface area contributed by atoms with E-state index in [0.29, 0.717) is 19.3 Å². The summed E-state index contributed by atoms with van der Waals surface area (Å²) in [5.41, 5.74) is 0. The summed E-state index contributed by atoms with van der Waals surface area (Å²) < 4.78 is 5.87. The van der Waals surface area contributed by atoms with Gasteiger partial charge < -0.3 is 20.3 Å². The third-order valence-corrected chi connectivity index (χ3v) is 9.64. The maximum absolute atomic E-state index is 13.1. The second-order valence-corrected chi connectivity index (χ2v) is 14.7. The van der Waals surface area contributed by atoms with Gasteiger partial charge in [0, 0.05) is 6.42 Å². The molecule has 52 heavy (non-hydrogen) atoms. The van der Waals surface area contributed by atoms with Crippen molar-refractivity contribution in [1.82, 2.24) is 5.32 Å². The molecule has 3 unspecified atom stereocenters. The van der Waals surface area contributed by atoms with Gasteiger partial charge in [-0.25, -0.2) is 0 Å². The molecule has 0 rings (SSSR count). The average Bonchev–Trinajstić information content (AvgIpc) is 3.13. The van der Waals surface area contributed by atoms with Crippen molar-refractivity contribution in [2.24, 2.45) is 0 Å². The Morgan fingerprint density at radius 2 is 1.04 bits per heavy atom. The molecule has 0 radical (unpaired) electrons. The van der Waals surface area contributed by atoms with Gasteiger partial charge in [0.2, 0.25) is 5.91 Å². The van der Waals surface area contributed by atoms with Crippen molar-refractivity contribution in [3.63, 3.8) is 0 Å². The third kappa shape index (κ3) is 34.9. The second kappa shape index (κ2) is 40.0. The number of amides is 1. The van der Waals surface area contributed by atoms with Crippen molar-refractivity contribution in [3.8, 4) is 0 Å². The predicted octanol–water partition coefficient (Wildman–Crippen LogP) is 12.3. The Balaban J connectivity index is 4.63. The molecule has 3 atom stereocenters. The lowest BCUT2D eigenvalue weighted by atomic mass is 10.0. The van der Waals surface area contributed by atoms with Crippen LogP contribution < -0.4 is 5.32 Å². The summed E-state index contributed by atoms with van der Waals surface area (Å²) >= 11 is 0. The number of aliphatic hydroxyl groups excluding tert-OH is 2. The summed E-state index contributed by atoms with van der Waals surface area (Å²) in [5.74, 6) is -0.521. The first-order chi connectivity index (χ1) is 25.5. The molecule has 3 N–H and O–H groups in total. The fourth-order valence-electron chi connectivity index (χ4n) is 6.32. The molecule has 0 aliphatic carbocycles. The van der Waals surface area contributed by atoms with Gasteiger partial charge in [-0.1, -0.05) is 159 Å². The number of allylic oxidation sites excluding steroid dienone is 8. The van der Waals surface area contributed by atoms with Crippen molar-refractivity contribution < 1.29 is 24.5 Å². The van der Waals surface area contributed by atoms with Crippen LogP contribution in [0.2, 0.25) is 0 Å². The molecule has 1 amide bonds. The highest BCUT2D eigenvalue weighted by atomic mass is 16.5. The number of nitrogens with one attached hydrogen (secondary N) is 1. The Kier molecular flexibility index (Phi) is 38.3. The van der Waals surface area contributed by atoms with E-state index in [2.05, 4.69) is 74.7 Å². The number of hydrogen-bond donors (Lipinski definition) is 3. The van der Waals surface area contributed by atoms with E-state index < -0.39 is 18.2 Å². The molecule has 0 aliphatic rings. The largest absolute Gasteiger partial charge is 0.462 e. The zero-order chi connectivity index (χ0) is 38.2. The van der Waals surface area contributed by atoms with Crippen molar-refractivity contribution in [2.75, 3.05) is 6.61 Å². The molecule has 0 aromatic carbocycles. The number of carbonyl (C=O) groups is 2. The molecular formula is C46H83NO5. The van der Waals surface area contributed by atoms with Crippen molar-refractivity contribution in [2.45, 2.75) is 225 Å². The third-order valence-electron chi connectivity index (χ3n) is 9.64. The van der Waals surface area contributed by atoms with E-state index in [0.717, 1.165) is 103 Å². The molecule has 6 nitrogen and oxygen atoms in total. The summed E-state index contributed by atoms with van der Waals surface area (Å²) in [6.07, 6.45) is 46.0. The van der Waals surface area contributed by atoms with Gasteiger partial charge in [-0.2, -0.15) is 0 Å². The normalized spacial score (nSPS) is 13.9. The van der Waals surface area contributed by atoms with E-state index in [1.165, 1.54) is 57.8 Å². The van der Waals surface area contributed by atoms with Crippen LogP contribution in [0.15, 0.2) is 48.6 Å². The SMILES string of the molecule is CC/C=C/C/C=C/C/C=C/CCCCCCC(=O)OC(CCCCC/C=C\CCCCC)CC(=O)NC(CO)C(O)CCCCCCCCCCC.